The van der Waals surface area contributed by atoms with Crippen LogP contribution in [-0.4, -0.2) is 24.2 Å². The lowest BCUT2D eigenvalue weighted by molar-refractivity contribution is 0.602. The second-order valence-electron chi connectivity index (χ2n) is 5.17. The van der Waals surface area contributed by atoms with Gasteiger partial charge in [-0.05, 0) is 31.0 Å². The largest absolute Gasteiger partial charge is 0.352 e. The van der Waals surface area contributed by atoms with Crippen LogP contribution in [0.15, 0.2) is 35.4 Å². The van der Waals surface area contributed by atoms with E-state index in [-0.39, 0.29) is 0 Å². The minimum absolute atomic E-state index is 0.342. The summed E-state index contributed by atoms with van der Waals surface area (Å²) in [7, 11) is -3.13. The van der Waals surface area contributed by atoms with Gasteiger partial charge in [-0.15, -0.1) is 0 Å². The highest BCUT2D eigenvalue weighted by Crippen LogP contribution is 2.13. The Bertz CT molecular complexity index is 703. The standard InChI is InChI=1S/C15H21N3O2S/c1-4-9-18-11-12(2)17-15(18)16-10-13-5-7-14(8-6-13)21(3,19)20/h5-8,11H,4,9-10H2,1-3H3,(H,16,17). The first-order valence-electron chi connectivity index (χ1n) is 6.97. The molecular formula is C15H21N3O2S. The van der Waals surface area contributed by atoms with E-state index >= 15 is 0 Å². The first-order valence-corrected chi connectivity index (χ1v) is 8.86. The summed E-state index contributed by atoms with van der Waals surface area (Å²) in [5.74, 6) is 0.849. The molecule has 2 aromatic rings. The predicted molar refractivity (Wildman–Crippen MR) is 84.1 cm³/mol. The lowest BCUT2D eigenvalue weighted by Gasteiger charge is -2.09. The Morgan fingerprint density at radius 1 is 1.24 bits per heavy atom. The summed E-state index contributed by atoms with van der Waals surface area (Å²) in [6.07, 6.45) is 4.29. The van der Waals surface area contributed by atoms with Gasteiger partial charge in [-0.3, -0.25) is 0 Å². The highest BCUT2D eigenvalue weighted by Gasteiger charge is 2.07. The summed E-state index contributed by atoms with van der Waals surface area (Å²) in [4.78, 5) is 4.80. The van der Waals surface area contributed by atoms with Crippen LogP contribution in [0.2, 0.25) is 0 Å². The topological polar surface area (TPSA) is 64.0 Å². The molecule has 0 aliphatic rings. The van der Waals surface area contributed by atoms with Gasteiger partial charge in [0.2, 0.25) is 5.95 Å². The van der Waals surface area contributed by atoms with Crippen LogP contribution in [0.5, 0.6) is 0 Å². The van der Waals surface area contributed by atoms with Crippen molar-refractivity contribution in [3.05, 3.63) is 41.7 Å². The Hall–Kier alpha value is -1.82. The van der Waals surface area contributed by atoms with E-state index in [0.717, 1.165) is 30.2 Å². The van der Waals surface area contributed by atoms with Gasteiger partial charge in [-0.1, -0.05) is 19.1 Å². The van der Waals surface area contributed by atoms with E-state index in [1.807, 2.05) is 25.3 Å². The van der Waals surface area contributed by atoms with Crippen LogP contribution in [0.1, 0.15) is 24.6 Å². The van der Waals surface area contributed by atoms with Crippen molar-refractivity contribution >= 4 is 15.8 Å². The Balaban J connectivity index is 2.06. The van der Waals surface area contributed by atoms with E-state index in [9.17, 15) is 8.42 Å². The number of sulfone groups is 1. The fraction of sp³-hybridized carbons (Fsp3) is 0.400. The number of hydrogen-bond donors (Lipinski definition) is 1. The summed E-state index contributed by atoms with van der Waals surface area (Å²) in [6, 6.07) is 6.92. The van der Waals surface area contributed by atoms with Crippen molar-refractivity contribution in [3.63, 3.8) is 0 Å². The van der Waals surface area contributed by atoms with Crippen molar-refractivity contribution in [2.24, 2.45) is 0 Å². The minimum atomic E-state index is -3.13. The number of anilines is 1. The molecule has 0 unspecified atom stereocenters. The number of rotatable bonds is 6. The average Bonchev–Trinajstić information content (AvgIpc) is 2.76. The van der Waals surface area contributed by atoms with E-state index in [1.165, 1.54) is 6.26 Å². The molecule has 6 heteroatoms. The molecule has 0 aliphatic carbocycles. The molecule has 1 aromatic heterocycles. The van der Waals surface area contributed by atoms with Gasteiger partial charge in [0.15, 0.2) is 9.84 Å². The maximum atomic E-state index is 11.4. The molecule has 0 amide bonds. The molecule has 0 aliphatic heterocycles. The molecular weight excluding hydrogens is 286 g/mol. The third-order valence-corrected chi connectivity index (χ3v) is 4.29. The quantitative estimate of drug-likeness (QED) is 0.891. The van der Waals surface area contributed by atoms with Crippen LogP contribution >= 0.6 is 0 Å². The molecule has 1 heterocycles. The molecule has 0 spiro atoms. The molecule has 114 valence electrons. The molecule has 0 atom stereocenters. The summed E-state index contributed by atoms with van der Waals surface area (Å²) in [6.45, 7) is 5.64. The van der Waals surface area contributed by atoms with Gasteiger partial charge in [-0.2, -0.15) is 0 Å². The van der Waals surface area contributed by atoms with Crippen molar-refractivity contribution < 1.29 is 8.42 Å². The molecule has 0 bridgehead atoms. The SMILES string of the molecule is CCCn1cc(C)nc1NCc1ccc(S(C)(=O)=O)cc1. The number of nitrogens with zero attached hydrogens (tertiary/aromatic N) is 2. The molecule has 1 N–H and O–H groups in total. The number of nitrogens with one attached hydrogen (secondary N) is 1. The Labute approximate surface area is 125 Å². The molecule has 0 radical (unpaired) electrons. The van der Waals surface area contributed by atoms with Gasteiger partial charge >= 0.3 is 0 Å². The van der Waals surface area contributed by atoms with Gasteiger partial charge in [0, 0.05) is 25.5 Å². The average molecular weight is 307 g/mol. The Morgan fingerprint density at radius 3 is 2.48 bits per heavy atom. The fourth-order valence-corrected chi connectivity index (χ4v) is 2.77. The normalized spacial score (nSPS) is 11.6. The molecule has 5 nitrogen and oxygen atoms in total. The van der Waals surface area contributed by atoms with Gasteiger partial charge in [0.25, 0.3) is 0 Å². The molecule has 0 saturated carbocycles. The molecule has 1 aromatic carbocycles. The van der Waals surface area contributed by atoms with E-state index < -0.39 is 9.84 Å². The first-order chi connectivity index (χ1) is 9.90. The molecule has 2 rings (SSSR count). The summed E-state index contributed by atoms with van der Waals surface area (Å²) >= 11 is 0. The highest BCUT2D eigenvalue weighted by atomic mass is 32.2. The monoisotopic (exact) mass is 307 g/mol. The minimum Gasteiger partial charge on any atom is -0.352 e. The van der Waals surface area contributed by atoms with E-state index in [2.05, 4.69) is 21.8 Å². The first kappa shape index (κ1) is 15.6. The van der Waals surface area contributed by atoms with Crippen LogP contribution in [0.4, 0.5) is 5.95 Å². The van der Waals surface area contributed by atoms with Crippen molar-refractivity contribution in [2.75, 3.05) is 11.6 Å². The van der Waals surface area contributed by atoms with E-state index in [0.29, 0.717) is 11.4 Å². The maximum absolute atomic E-state index is 11.4. The Kier molecular flexibility index (Phi) is 4.67. The number of aryl methyl sites for hydroxylation is 2. The fourth-order valence-electron chi connectivity index (χ4n) is 2.13. The molecule has 0 fully saturated rings. The van der Waals surface area contributed by atoms with Crippen LogP contribution < -0.4 is 5.32 Å². The summed E-state index contributed by atoms with van der Waals surface area (Å²) in [5, 5.41) is 3.30. The molecule has 21 heavy (non-hydrogen) atoms. The van der Waals surface area contributed by atoms with Crippen LogP contribution in [0.25, 0.3) is 0 Å². The summed E-state index contributed by atoms with van der Waals surface area (Å²) < 4.78 is 24.9. The van der Waals surface area contributed by atoms with Crippen molar-refractivity contribution in [1.82, 2.24) is 9.55 Å². The van der Waals surface area contributed by atoms with Crippen LogP contribution in [0, 0.1) is 6.92 Å². The predicted octanol–water partition coefficient (Wildman–Crippen LogP) is 2.62. The van der Waals surface area contributed by atoms with Crippen molar-refractivity contribution in [3.8, 4) is 0 Å². The van der Waals surface area contributed by atoms with E-state index in [4.69, 9.17) is 0 Å². The zero-order valence-corrected chi connectivity index (χ0v) is 13.4. The van der Waals surface area contributed by atoms with Crippen LogP contribution in [0.3, 0.4) is 0 Å². The lowest BCUT2D eigenvalue weighted by atomic mass is 10.2. The van der Waals surface area contributed by atoms with Crippen molar-refractivity contribution in [1.29, 1.82) is 0 Å². The number of benzene rings is 1. The van der Waals surface area contributed by atoms with E-state index in [1.54, 1.807) is 12.1 Å². The zero-order valence-electron chi connectivity index (χ0n) is 12.6. The van der Waals surface area contributed by atoms with Gasteiger partial charge in [-0.25, -0.2) is 13.4 Å². The number of imidazole rings is 1. The Morgan fingerprint density at radius 2 is 1.90 bits per heavy atom. The highest BCUT2D eigenvalue weighted by molar-refractivity contribution is 7.90. The number of aromatic nitrogens is 2. The summed E-state index contributed by atoms with van der Waals surface area (Å²) in [5.41, 5.74) is 2.00. The van der Waals surface area contributed by atoms with Gasteiger partial charge in [0.1, 0.15) is 0 Å². The third-order valence-electron chi connectivity index (χ3n) is 3.16. The second-order valence-corrected chi connectivity index (χ2v) is 7.18. The maximum Gasteiger partial charge on any atom is 0.203 e. The number of hydrogen-bond acceptors (Lipinski definition) is 4. The van der Waals surface area contributed by atoms with Crippen molar-refractivity contribution in [2.45, 2.75) is 38.3 Å². The smallest absolute Gasteiger partial charge is 0.203 e. The van der Waals surface area contributed by atoms with Gasteiger partial charge in [0.05, 0.1) is 10.6 Å². The van der Waals surface area contributed by atoms with Gasteiger partial charge < -0.3 is 9.88 Å². The zero-order chi connectivity index (χ0) is 15.5. The van der Waals surface area contributed by atoms with Crippen LogP contribution in [-0.2, 0) is 22.9 Å². The third kappa shape index (κ3) is 4.07. The lowest BCUT2D eigenvalue weighted by Crippen LogP contribution is -2.07. The second kappa shape index (κ2) is 6.30. The molecule has 0 saturated heterocycles.